The highest BCUT2D eigenvalue weighted by molar-refractivity contribution is 5.64. The highest BCUT2D eigenvalue weighted by atomic mass is 16.7. The van der Waals surface area contributed by atoms with E-state index in [0.29, 0.717) is 17.5 Å². The first-order chi connectivity index (χ1) is 18.7. The summed E-state index contributed by atoms with van der Waals surface area (Å²) in [5.74, 6) is -1.16. The fourth-order valence-electron chi connectivity index (χ4n) is 5.55. The molecule has 2 aliphatic rings. The third kappa shape index (κ3) is 5.28. The number of phenolic OH excluding ortho intramolecular Hbond substituents is 2. The number of aliphatic hydroxyl groups is 4. The average Bonchev–Trinajstić information content (AvgIpc) is 2.94. The van der Waals surface area contributed by atoms with Crippen LogP contribution in [-0.4, -0.2) is 104 Å². The second-order valence-electron chi connectivity index (χ2n) is 9.68. The van der Waals surface area contributed by atoms with Crippen LogP contribution in [-0.2, 0) is 15.9 Å². The number of hydrogen-bond acceptors (Lipinski definition) is 12. The summed E-state index contributed by atoms with van der Waals surface area (Å²) in [6.07, 6.45) is -5.04. The molecule has 39 heavy (non-hydrogen) atoms. The lowest BCUT2D eigenvalue weighted by Gasteiger charge is -2.42. The quantitative estimate of drug-likeness (QED) is 0.254. The van der Waals surface area contributed by atoms with Crippen molar-refractivity contribution < 1.29 is 59.1 Å². The Balaban J connectivity index is 1.86. The van der Waals surface area contributed by atoms with E-state index in [1.807, 2.05) is 0 Å². The average molecular weight is 553 g/mol. The summed E-state index contributed by atoms with van der Waals surface area (Å²) in [5.41, 5.74) is 1.99. The van der Waals surface area contributed by atoms with Gasteiger partial charge in [0.15, 0.2) is 29.3 Å². The largest absolute Gasteiger partial charge is 0.502 e. The molecule has 7 atom stereocenters. The molecule has 1 aliphatic carbocycles. The SMILES string of the molecule is COc1cc([C@H]2c3c(cc(OC)c(O)c3OC)C[C@@H](CO)[C@@H]2CO[C@H]2OC[C@@H](O)[C@@H](O)[C@H]2O)cc(OC)c1O. The summed E-state index contributed by atoms with van der Waals surface area (Å²) in [6.45, 7) is -0.504. The summed E-state index contributed by atoms with van der Waals surface area (Å²) in [5, 5.41) is 62.3. The van der Waals surface area contributed by atoms with E-state index < -0.39 is 36.4 Å². The first-order valence-electron chi connectivity index (χ1n) is 12.5. The third-order valence-electron chi connectivity index (χ3n) is 7.60. The minimum absolute atomic E-state index is 0.0542. The van der Waals surface area contributed by atoms with Crippen LogP contribution in [0.15, 0.2) is 18.2 Å². The van der Waals surface area contributed by atoms with E-state index in [4.69, 9.17) is 28.4 Å². The van der Waals surface area contributed by atoms with Gasteiger partial charge in [-0.25, -0.2) is 0 Å². The molecule has 0 spiro atoms. The van der Waals surface area contributed by atoms with Crippen LogP contribution in [0.25, 0.3) is 0 Å². The van der Waals surface area contributed by atoms with Crippen molar-refractivity contribution in [2.45, 2.75) is 36.9 Å². The molecule has 0 radical (unpaired) electrons. The third-order valence-corrected chi connectivity index (χ3v) is 7.60. The van der Waals surface area contributed by atoms with Gasteiger partial charge in [-0.15, -0.1) is 0 Å². The highest BCUT2D eigenvalue weighted by Gasteiger charge is 2.44. The number of aliphatic hydroxyl groups excluding tert-OH is 4. The first kappa shape index (κ1) is 29.0. The summed E-state index contributed by atoms with van der Waals surface area (Å²) in [6, 6.07) is 4.96. The molecular weight excluding hydrogens is 516 g/mol. The zero-order valence-corrected chi connectivity index (χ0v) is 22.2. The number of methoxy groups -OCH3 is 4. The van der Waals surface area contributed by atoms with Gasteiger partial charge in [0.05, 0.1) is 41.7 Å². The van der Waals surface area contributed by atoms with Gasteiger partial charge in [-0.3, -0.25) is 0 Å². The lowest BCUT2D eigenvalue weighted by atomic mass is 9.66. The predicted molar refractivity (Wildman–Crippen MR) is 136 cm³/mol. The minimum atomic E-state index is -1.49. The van der Waals surface area contributed by atoms with Crippen LogP contribution >= 0.6 is 0 Å². The van der Waals surface area contributed by atoms with Crippen molar-refractivity contribution in [2.75, 3.05) is 48.3 Å². The van der Waals surface area contributed by atoms with E-state index in [0.717, 1.165) is 5.56 Å². The molecular formula is C27H36O12. The Morgan fingerprint density at radius 3 is 2.03 bits per heavy atom. The maximum absolute atomic E-state index is 11.0. The van der Waals surface area contributed by atoms with Crippen molar-refractivity contribution in [3.8, 4) is 34.5 Å². The van der Waals surface area contributed by atoms with Crippen molar-refractivity contribution in [1.29, 1.82) is 0 Å². The van der Waals surface area contributed by atoms with E-state index in [1.165, 1.54) is 28.4 Å². The maximum atomic E-state index is 11.0. The number of rotatable bonds is 9. The topological polar surface area (TPSA) is 177 Å². The molecule has 0 saturated carbocycles. The zero-order chi connectivity index (χ0) is 28.4. The van der Waals surface area contributed by atoms with Crippen LogP contribution in [0.4, 0.5) is 0 Å². The van der Waals surface area contributed by atoms with E-state index in [9.17, 15) is 30.6 Å². The Morgan fingerprint density at radius 1 is 0.846 bits per heavy atom. The van der Waals surface area contributed by atoms with E-state index >= 15 is 0 Å². The van der Waals surface area contributed by atoms with Gasteiger partial charge in [-0.05, 0) is 47.6 Å². The summed E-state index contributed by atoms with van der Waals surface area (Å²) in [4.78, 5) is 0. The summed E-state index contributed by atoms with van der Waals surface area (Å²) in [7, 11) is 5.66. The number of fused-ring (bicyclic) bond motifs is 1. The zero-order valence-electron chi connectivity index (χ0n) is 22.2. The van der Waals surface area contributed by atoms with Gasteiger partial charge >= 0.3 is 0 Å². The Hall–Kier alpha value is -3.00. The van der Waals surface area contributed by atoms with Crippen molar-refractivity contribution >= 4 is 0 Å². The van der Waals surface area contributed by atoms with Crippen LogP contribution in [0.5, 0.6) is 34.5 Å². The lowest BCUT2D eigenvalue weighted by Crippen LogP contribution is -2.54. The second-order valence-corrected chi connectivity index (χ2v) is 9.68. The monoisotopic (exact) mass is 552 g/mol. The molecule has 1 heterocycles. The summed E-state index contributed by atoms with van der Waals surface area (Å²) < 4.78 is 33.2. The van der Waals surface area contributed by atoms with Gasteiger partial charge in [0, 0.05) is 18.1 Å². The molecule has 12 heteroatoms. The Bertz CT molecular complexity index is 1130. The fraction of sp³-hybridized carbons (Fsp3) is 0.556. The van der Waals surface area contributed by atoms with Gasteiger partial charge in [0.1, 0.15) is 18.3 Å². The smallest absolute Gasteiger partial charge is 0.201 e. The first-order valence-corrected chi connectivity index (χ1v) is 12.5. The van der Waals surface area contributed by atoms with Crippen LogP contribution in [0, 0.1) is 11.8 Å². The maximum Gasteiger partial charge on any atom is 0.201 e. The molecule has 6 N–H and O–H groups in total. The van der Waals surface area contributed by atoms with E-state index in [2.05, 4.69) is 0 Å². The highest BCUT2D eigenvalue weighted by Crippen LogP contribution is 2.54. The molecule has 1 saturated heterocycles. The van der Waals surface area contributed by atoms with Crippen molar-refractivity contribution in [3.05, 3.63) is 34.9 Å². The molecule has 4 rings (SSSR count). The van der Waals surface area contributed by atoms with Crippen molar-refractivity contribution in [1.82, 2.24) is 0 Å². The summed E-state index contributed by atoms with van der Waals surface area (Å²) >= 11 is 0. The number of hydrogen-bond donors (Lipinski definition) is 6. The molecule has 2 aromatic carbocycles. The standard InChI is InChI=1S/C27H36O12/c1-34-17-7-13(8-18(35-2)23(17)31)20-15(10-38-27-25(33)22(30)16(29)11-39-27)14(9-28)5-12-6-19(36-3)24(32)26(37-4)21(12)20/h6-8,14-16,20,22,25,27-33H,5,9-11H2,1-4H3/t14-,15-,16+,20+,22+,25+,27-/m0/s1. The molecule has 0 unspecified atom stereocenters. The molecule has 1 aliphatic heterocycles. The second kappa shape index (κ2) is 12.0. The van der Waals surface area contributed by atoms with Gasteiger partial charge < -0.3 is 59.1 Å². The van der Waals surface area contributed by atoms with Crippen LogP contribution in [0.3, 0.4) is 0 Å². The van der Waals surface area contributed by atoms with Crippen LogP contribution in [0.1, 0.15) is 22.6 Å². The number of ether oxygens (including phenoxy) is 6. The Morgan fingerprint density at radius 2 is 1.46 bits per heavy atom. The molecule has 0 bridgehead atoms. The van der Waals surface area contributed by atoms with Gasteiger partial charge in [-0.2, -0.15) is 0 Å². The van der Waals surface area contributed by atoms with Gasteiger partial charge in [0.2, 0.25) is 11.5 Å². The number of benzene rings is 2. The minimum Gasteiger partial charge on any atom is -0.502 e. The normalized spacial score (nSPS) is 28.5. The van der Waals surface area contributed by atoms with E-state index in [1.54, 1.807) is 18.2 Å². The molecule has 0 aromatic heterocycles. The molecule has 2 aromatic rings. The molecule has 216 valence electrons. The van der Waals surface area contributed by atoms with Crippen LogP contribution in [0.2, 0.25) is 0 Å². The lowest BCUT2D eigenvalue weighted by molar-refractivity contribution is -0.274. The van der Waals surface area contributed by atoms with Gasteiger partial charge in [0.25, 0.3) is 0 Å². The molecule has 12 nitrogen and oxygen atoms in total. The molecule has 1 fully saturated rings. The van der Waals surface area contributed by atoms with Crippen molar-refractivity contribution in [2.24, 2.45) is 11.8 Å². The number of aromatic hydroxyl groups is 2. The number of phenols is 2. The van der Waals surface area contributed by atoms with Crippen LogP contribution < -0.4 is 18.9 Å². The van der Waals surface area contributed by atoms with Crippen molar-refractivity contribution in [3.63, 3.8) is 0 Å². The van der Waals surface area contributed by atoms with Gasteiger partial charge in [-0.1, -0.05) is 0 Å². The molecule has 0 amide bonds. The van der Waals surface area contributed by atoms with E-state index in [-0.39, 0.29) is 60.2 Å². The predicted octanol–water partition coefficient (Wildman–Crippen LogP) is 0.500. The Kier molecular flexibility index (Phi) is 8.94. The Labute approximate surface area is 225 Å². The fourth-order valence-corrected chi connectivity index (χ4v) is 5.55.